The van der Waals surface area contributed by atoms with E-state index in [1.807, 2.05) is 30.3 Å². The zero-order chi connectivity index (χ0) is 16.8. The minimum absolute atomic E-state index is 0.263. The topological polar surface area (TPSA) is 71.7 Å². The molecule has 3 aromatic rings. The van der Waals surface area contributed by atoms with Gasteiger partial charge in [-0.3, -0.25) is 4.79 Å². The van der Waals surface area contributed by atoms with Crippen LogP contribution in [0.1, 0.15) is 22.2 Å². The standard InChI is InChI=1S/C19H17NO4/c21-13-16(18-11-6-12-23-18)20-19(22)15-9-4-5-10-17(15)24-14-7-2-1-3-8-14/h1-12,16,21H,13H2,(H,20,22). The summed E-state index contributed by atoms with van der Waals surface area (Å²) in [4.78, 5) is 12.6. The van der Waals surface area contributed by atoms with Crippen LogP contribution in [0.3, 0.4) is 0 Å². The smallest absolute Gasteiger partial charge is 0.255 e. The lowest BCUT2D eigenvalue weighted by Crippen LogP contribution is -2.30. The van der Waals surface area contributed by atoms with Crippen molar-refractivity contribution in [1.82, 2.24) is 5.32 Å². The Balaban J connectivity index is 1.80. The van der Waals surface area contributed by atoms with Crippen LogP contribution in [0.4, 0.5) is 0 Å². The molecule has 0 aliphatic carbocycles. The molecule has 2 aromatic carbocycles. The van der Waals surface area contributed by atoms with Gasteiger partial charge in [-0.15, -0.1) is 0 Å². The normalized spacial score (nSPS) is 11.7. The third-order valence-electron chi connectivity index (χ3n) is 3.48. The number of nitrogens with one attached hydrogen (secondary N) is 1. The number of ether oxygens (including phenoxy) is 1. The lowest BCUT2D eigenvalue weighted by Gasteiger charge is -2.16. The average Bonchev–Trinajstić information content (AvgIpc) is 3.15. The van der Waals surface area contributed by atoms with Crippen molar-refractivity contribution in [2.45, 2.75) is 6.04 Å². The maximum absolute atomic E-state index is 12.6. The summed E-state index contributed by atoms with van der Waals surface area (Å²) in [5.41, 5.74) is 0.381. The van der Waals surface area contributed by atoms with Crippen LogP contribution in [0.2, 0.25) is 0 Å². The second-order valence-corrected chi connectivity index (χ2v) is 5.14. The molecule has 1 amide bonds. The van der Waals surface area contributed by atoms with Crippen LogP contribution < -0.4 is 10.1 Å². The number of amides is 1. The van der Waals surface area contributed by atoms with Crippen molar-refractivity contribution in [3.05, 3.63) is 84.3 Å². The second-order valence-electron chi connectivity index (χ2n) is 5.14. The van der Waals surface area contributed by atoms with Crippen molar-refractivity contribution in [1.29, 1.82) is 0 Å². The Morgan fingerprint density at radius 2 is 1.79 bits per heavy atom. The number of carbonyl (C=O) groups excluding carboxylic acids is 1. The molecule has 1 atom stereocenters. The summed E-state index contributed by atoms with van der Waals surface area (Å²) in [6.07, 6.45) is 1.50. The van der Waals surface area contributed by atoms with E-state index in [0.29, 0.717) is 22.8 Å². The van der Waals surface area contributed by atoms with E-state index < -0.39 is 6.04 Å². The molecule has 24 heavy (non-hydrogen) atoms. The van der Waals surface area contributed by atoms with Crippen LogP contribution in [0.5, 0.6) is 11.5 Å². The molecule has 0 saturated carbocycles. The first kappa shape index (κ1) is 15.8. The molecule has 5 nitrogen and oxygen atoms in total. The molecule has 0 aliphatic rings. The van der Waals surface area contributed by atoms with Gasteiger partial charge in [0.25, 0.3) is 5.91 Å². The van der Waals surface area contributed by atoms with Crippen molar-refractivity contribution in [3.63, 3.8) is 0 Å². The summed E-state index contributed by atoms with van der Waals surface area (Å²) in [5.74, 6) is 1.23. The Bertz CT molecular complexity index is 784. The van der Waals surface area contributed by atoms with Gasteiger partial charge in [0.2, 0.25) is 0 Å². The van der Waals surface area contributed by atoms with Crippen LogP contribution >= 0.6 is 0 Å². The largest absolute Gasteiger partial charge is 0.467 e. The highest BCUT2D eigenvalue weighted by Crippen LogP contribution is 2.25. The maximum atomic E-state index is 12.6. The Morgan fingerprint density at radius 1 is 1.04 bits per heavy atom. The number of para-hydroxylation sites is 2. The highest BCUT2D eigenvalue weighted by Gasteiger charge is 2.19. The summed E-state index contributed by atoms with van der Waals surface area (Å²) < 4.78 is 11.0. The van der Waals surface area contributed by atoms with E-state index in [0.717, 1.165) is 0 Å². The minimum atomic E-state index is -0.614. The average molecular weight is 323 g/mol. The lowest BCUT2D eigenvalue weighted by molar-refractivity contribution is 0.0905. The van der Waals surface area contributed by atoms with Gasteiger partial charge >= 0.3 is 0 Å². The molecule has 0 radical (unpaired) electrons. The first-order valence-electron chi connectivity index (χ1n) is 7.55. The summed E-state index contributed by atoms with van der Waals surface area (Å²) in [6.45, 7) is -0.263. The number of benzene rings is 2. The highest BCUT2D eigenvalue weighted by molar-refractivity contribution is 5.97. The van der Waals surface area contributed by atoms with Crippen LogP contribution in [0.15, 0.2) is 77.4 Å². The van der Waals surface area contributed by atoms with Crippen LogP contribution in [0, 0.1) is 0 Å². The molecule has 5 heteroatoms. The van der Waals surface area contributed by atoms with Crippen molar-refractivity contribution in [2.24, 2.45) is 0 Å². The number of rotatable bonds is 6. The summed E-state index contributed by atoms with van der Waals surface area (Å²) >= 11 is 0. The van der Waals surface area contributed by atoms with Crippen molar-refractivity contribution in [3.8, 4) is 11.5 Å². The fraction of sp³-hybridized carbons (Fsp3) is 0.105. The van der Waals surface area contributed by atoms with Gasteiger partial charge < -0.3 is 19.6 Å². The van der Waals surface area contributed by atoms with E-state index in [1.54, 1.807) is 36.4 Å². The predicted molar refractivity (Wildman–Crippen MR) is 89.0 cm³/mol. The maximum Gasteiger partial charge on any atom is 0.255 e. The Morgan fingerprint density at radius 3 is 2.50 bits per heavy atom. The molecule has 0 aliphatic heterocycles. The van der Waals surface area contributed by atoms with Crippen LogP contribution in [-0.2, 0) is 0 Å². The fourth-order valence-corrected chi connectivity index (χ4v) is 2.29. The lowest BCUT2D eigenvalue weighted by atomic mass is 10.1. The van der Waals surface area contributed by atoms with Gasteiger partial charge in [-0.25, -0.2) is 0 Å². The minimum Gasteiger partial charge on any atom is -0.467 e. The molecule has 2 N–H and O–H groups in total. The van der Waals surface area contributed by atoms with Gasteiger partial charge in [0.05, 0.1) is 18.4 Å². The first-order valence-corrected chi connectivity index (χ1v) is 7.55. The highest BCUT2D eigenvalue weighted by atomic mass is 16.5. The van der Waals surface area contributed by atoms with Gasteiger partial charge in [0.15, 0.2) is 0 Å². The van der Waals surface area contributed by atoms with Crippen molar-refractivity contribution >= 4 is 5.91 Å². The molecule has 3 rings (SSSR count). The molecular formula is C19H17NO4. The van der Waals surface area contributed by atoms with Crippen molar-refractivity contribution < 1.29 is 19.1 Å². The number of carbonyl (C=O) groups is 1. The van der Waals surface area contributed by atoms with Crippen molar-refractivity contribution in [2.75, 3.05) is 6.61 Å². The summed E-state index contributed by atoms with van der Waals surface area (Å²) in [6, 6.07) is 19.0. The second kappa shape index (κ2) is 7.48. The molecule has 0 saturated heterocycles. The molecule has 0 bridgehead atoms. The van der Waals surface area contributed by atoms with Crippen LogP contribution in [-0.4, -0.2) is 17.6 Å². The SMILES string of the molecule is O=C(NC(CO)c1ccco1)c1ccccc1Oc1ccccc1. The monoisotopic (exact) mass is 323 g/mol. The van der Waals surface area contributed by atoms with Gasteiger partial charge in [-0.1, -0.05) is 30.3 Å². The third kappa shape index (κ3) is 3.64. The van der Waals surface area contributed by atoms with E-state index in [4.69, 9.17) is 9.15 Å². The summed E-state index contributed by atoms with van der Waals surface area (Å²) in [7, 11) is 0. The molecule has 1 heterocycles. The van der Waals surface area contributed by atoms with E-state index in [9.17, 15) is 9.90 Å². The number of furan rings is 1. The van der Waals surface area contributed by atoms with Gasteiger partial charge in [-0.05, 0) is 36.4 Å². The quantitative estimate of drug-likeness (QED) is 0.728. The van der Waals surface area contributed by atoms with E-state index in [1.165, 1.54) is 6.26 Å². The Kier molecular flexibility index (Phi) is 4.93. The molecule has 0 spiro atoms. The molecular weight excluding hydrogens is 306 g/mol. The summed E-state index contributed by atoms with van der Waals surface area (Å²) in [5, 5.41) is 12.2. The van der Waals surface area contributed by atoms with E-state index >= 15 is 0 Å². The predicted octanol–water partition coefficient (Wildman–Crippen LogP) is 3.54. The fourth-order valence-electron chi connectivity index (χ4n) is 2.29. The molecule has 0 fully saturated rings. The van der Waals surface area contributed by atoms with Gasteiger partial charge in [-0.2, -0.15) is 0 Å². The number of hydrogen-bond donors (Lipinski definition) is 2. The zero-order valence-electron chi connectivity index (χ0n) is 12.9. The number of hydrogen-bond acceptors (Lipinski definition) is 4. The Hall–Kier alpha value is -3.05. The number of aliphatic hydroxyl groups excluding tert-OH is 1. The first-order chi connectivity index (χ1) is 11.8. The van der Waals surface area contributed by atoms with Gasteiger partial charge in [0, 0.05) is 0 Å². The number of aliphatic hydroxyl groups is 1. The molecule has 1 aromatic heterocycles. The van der Waals surface area contributed by atoms with Crippen LogP contribution in [0.25, 0.3) is 0 Å². The molecule has 122 valence electrons. The Labute approximate surface area is 139 Å². The third-order valence-corrected chi connectivity index (χ3v) is 3.48. The van der Waals surface area contributed by atoms with Gasteiger partial charge in [0.1, 0.15) is 23.3 Å². The molecule has 1 unspecified atom stereocenters. The van der Waals surface area contributed by atoms with E-state index in [2.05, 4.69) is 5.32 Å². The van der Waals surface area contributed by atoms with E-state index in [-0.39, 0.29) is 12.5 Å². The zero-order valence-corrected chi connectivity index (χ0v) is 12.9.